The Morgan fingerprint density at radius 1 is 1.54 bits per heavy atom. The van der Waals surface area contributed by atoms with Crippen molar-refractivity contribution in [1.82, 2.24) is 19.8 Å². The number of nitrogens with zero attached hydrogens (tertiary/aromatic N) is 3. The monoisotopic (exact) mass is 363 g/mol. The number of likely N-dealkylation sites (tertiary alicyclic amines) is 1. The Kier molecular flexibility index (Phi) is 5.62. The highest BCUT2D eigenvalue weighted by molar-refractivity contribution is 5.84. The lowest BCUT2D eigenvalue weighted by Crippen LogP contribution is -2.48. The van der Waals surface area contributed by atoms with Crippen molar-refractivity contribution < 1.29 is 9.53 Å². The minimum atomic E-state index is -0.241. The summed E-state index contributed by atoms with van der Waals surface area (Å²) in [6.45, 7) is 2.68. The van der Waals surface area contributed by atoms with Crippen LogP contribution in [0.15, 0.2) is 10.9 Å². The molecule has 1 saturated heterocycles. The molecule has 2 heterocycles. The topological polar surface area (TPSA) is 105 Å². The Balaban J connectivity index is 1.59. The lowest BCUT2D eigenvalue weighted by Gasteiger charge is -2.42. The van der Waals surface area contributed by atoms with E-state index in [1.165, 1.54) is 6.07 Å². The molecule has 1 aromatic rings. The van der Waals surface area contributed by atoms with Crippen LogP contribution in [0.3, 0.4) is 0 Å². The number of nitrogen functional groups attached to an aromatic ring is 1. The fourth-order valence-corrected chi connectivity index (χ4v) is 4.09. The normalized spacial score (nSPS) is 21.8. The zero-order valence-corrected chi connectivity index (χ0v) is 15.7. The van der Waals surface area contributed by atoms with E-state index in [2.05, 4.69) is 14.9 Å². The molecule has 1 aliphatic carbocycles. The largest absolute Gasteiger partial charge is 0.385 e. The molecule has 0 spiro atoms. The molecular formula is C18H29N5O3. The fraction of sp³-hybridized carbons (Fsp3) is 0.722. The minimum Gasteiger partial charge on any atom is -0.385 e. The Morgan fingerprint density at radius 2 is 2.31 bits per heavy atom. The van der Waals surface area contributed by atoms with Gasteiger partial charge in [-0.2, -0.15) is 0 Å². The summed E-state index contributed by atoms with van der Waals surface area (Å²) in [4.78, 5) is 35.4. The van der Waals surface area contributed by atoms with E-state index in [4.69, 9.17) is 10.5 Å². The predicted molar refractivity (Wildman–Crippen MR) is 98.5 cm³/mol. The zero-order valence-electron chi connectivity index (χ0n) is 15.7. The molecule has 2 fully saturated rings. The maximum absolute atomic E-state index is 13.0. The Hall–Kier alpha value is -1.93. The summed E-state index contributed by atoms with van der Waals surface area (Å²) in [6, 6.07) is 1.74. The van der Waals surface area contributed by atoms with E-state index >= 15 is 0 Å². The van der Waals surface area contributed by atoms with Gasteiger partial charge in [-0.15, -0.1) is 0 Å². The van der Waals surface area contributed by atoms with Crippen LogP contribution in [0.1, 0.15) is 37.8 Å². The minimum absolute atomic E-state index is 0.134. The standard InChI is InChI=1S/C18H29N5O3/c1-22(11-13-10-15(24)21-17(19)20-13)14-4-8-23(12-14)16(25)18(5-3-6-18)7-9-26-2/h10,14H,3-9,11-12H2,1-2H3,(H3,19,20,21,24). The van der Waals surface area contributed by atoms with Gasteiger partial charge in [0.05, 0.1) is 11.1 Å². The summed E-state index contributed by atoms with van der Waals surface area (Å²) < 4.78 is 5.21. The average Bonchev–Trinajstić information content (AvgIpc) is 3.02. The number of anilines is 1. The summed E-state index contributed by atoms with van der Waals surface area (Å²) >= 11 is 0. The lowest BCUT2D eigenvalue weighted by atomic mass is 9.66. The van der Waals surface area contributed by atoms with E-state index in [1.807, 2.05) is 11.9 Å². The highest BCUT2D eigenvalue weighted by Gasteiger charge is 2.47. The quantitative estimate of drug-likeness (QED) is 0.735. The number of carbonyl (C=O) groups is 1. The molecule has 8 heteroatoms. The summed E-state index contributed by atoms with van der Waals surface area (Å²) in [5, 5.41) is 0. The molecule has 1 amide bonds. The SMILES string of the molecule is COCCC1(C(=O)N2CCC(N(C)Cc3cc(=O)[nH]c(N)n3)C2)CCC1. The third-order valence-corrected chi connectivity index (χ3v) is 5.85. The van der Waals surface area contributed by atoms with E-state index in [9.17, 15) is 9.59 Å². The van der Waals surface area contributed by atoms with Gasteiger partial charge in [-0.05, 0) is 32.7 Å². The van der Waals surface area contributed by atoms with Crippen molar-refractivity contribution in [2.24, 2.45) is 5.41 Å². The van der Waals surface area contributed by atoms with E-state index in [-0.39, 0.29) is 28.9 Å². The molecule has 1 saturated carbocycles. The first-order valence-corrected chi connectivity index (χ1v) is 9.28. The first kappa shape index (κ1) is 18.8. The van der Waals surface area contributed by atoms with Crippen molar-refractivity contribution >= 4 is 11.9 Å². The molecule has 26 heavy (non-hydrogen) atoms. The van der Waals surface area contributed by atoms with Gasteiger partial charge in [0, 0.05) is 45.5 Å². The van der Waals surface area contributed by atoms with Gasteiger partial charge in [0.2, 0.25) is 11.9 Å². The number of nitrogens with two attached hydrogens (primary N) is 1. The summed E-state index contributed by atoms with van der Waals surface area (Å²) in [5.41, 5.74) is 5.82. The van der Waals surface area contributed by atoms with Crippen molar-refractivity contribution in [3.8, 4) is 0 Å². The molecule has 1 aliphatic heterocycles. The summed E-state index contributed by atoms with van der Waals surface area (Å²) in [5.74, 6) is 0.421. The molecule has 3 N–H and O–H groups in total. The number of amides is 1. The number of aromatic amines is 1. The van der Waals surface area contributed by atoms with Crippen LogP contribution in [0.2, 0.25) is 0 Å². The van der Waals surface area contributed by atoms with Crippen LogP contribution in [-0.2, 0) is 16.1 Å². The Bertz CT molecular complexity index is 700. The van der Waals surface area contributed by atoms with Crippen LogP contribution >= 0.6 is 0 Å². The van der Waals surface area contributed by atoms with Gasteiger partial charge in [0.25, 0.3) is 5.56 Å². The second kappa shape index (κ2) is 7.75. The maximum Gasteiger partial charge on any atom is 0.252 e. The highest BCUT2D eigenvalue weighted by Crippen LogP contribution is 2.46. The van der Waals surface area contributed by atoms with Crippen LogP contribution in [0, 0.1) is 5.41 Å². The maximum atomic E-state index is 13.0. The predicted octanol–water partition coefficient (Wildman–Crippen LogP) is 0.592. The van der Waals surface area contributed by atoms with Crippen LogP contribution in [-0.4, -0.2) is 65.6 Å². The zero-order chi connectivity index (χ0) is 18.7. The summed E-state index contributed by atoms with van der Waals surface area (Å²) in [6.07, 6.45) is 4.82. The van der Waals surface area contributed by atoms with Gasteiger partial charge in [0.1, 0.15) is 0 Å². The number of hydrogen-bond acceptors (Lipinski definition) is 6. The van der Waals surface area contributed by atoms with Crippen LogP contribution in [0.4, 0.5) is 5.95 Å². The molecule has 144 valence electrons. The molecule has 2 aliphatic rings. The number of carbonyl (C=O) groups excluding carboxylic acids is 1. The molecule has 3 rings (SSSR count). The van der Waals surface area contributed by atoms with Crippen molar-refractivity contribution in [2.45, 2.75) is 44.7 Å². The van der Waals surface area contributed by atoms with Crippen molar-refractivity contribution in [3.63, 3.8) is 0 Å². The third-order valence-electron chi connectivity index (χ3n) is 5.85. The second-order valence-electron chi connectivity index (χ2n) is 7.61. The molecule has 1 unspecified atom stereocenters. The van der Waals surface area contributed by atoms with Gasteiger partial charge < -0.3 is 15.4 Å². The van der Waals surface area contributed by atoms with E-state index in [1.54, 1.807) is 7.11 Å². The number of aromatic nitrogens is 2. The molecule has 0 bridgehead atoms. The van der Waals surface area contributed by atoms with Gasteiger partial charge in [-0.3, -0.25) is 19.5 Å². The third kappa shape index (κ3) is 3.91. The highest BCUT2D eigenvalue weighted by atomic mass is 16.5. The number of ether oxygens (including phenoxy) is 1. The van der Waals surface area contributed by atoms with Gasteiger partial charge in [-0.25, -0.2) is 4.98 Å². The van der Waals surface area contributed by atoms with E-state index in [0.717, 1.165) is 45.2 Å². The molecule has 1 aromatic heterocycles. The van der Waals surface area contributed by atoms with Crippen LogP contribution in [0.25, 0.3) is 0 Å². The van der Waals surface area contributed by atoms with Gasteiger partial charge in [-0.1, -0.05) is 6.42 Å². The van der Waals surface area contributed by atoms with Gasteiger partial charge in [0.15, 0.2) is 0 Å². The fourth-order valence-electron chi connectivity index (χ4n) is 4.09. The summed E-state index contributed by atoms with van der Waals surface area (Å²) in [7, 11) is 3.69. The molecule has 1 atom stereocenters. The van der Waals surface area contributed by atoms with Crippen molar-refractivity contribution in [2.75, 3.05) is 39.6 Å². The first-order chi connectivity index (χ1) is 12.4. The van der Waals surface area contributed by atoms with Crippen LogP contribution < -0.4 is 11.3 Å². The Labute approximate surface area is 153 Å². The molecule has 0 radical (unpaired) electrons. The Morgan fingerprint density at radius 3 is 2.92 bits per heavy atom. The van der Waals surface area contributed by atoms with Crippen molar-refractivity contribution in [1.29, 1.82) is 0 Å². The number of hydrogen-bond donors (Lipinski definition) is 2. The molecular weight excluding hydrogens is 334 g/mol. The average molecular weight is 363 g/mol. The number of rotatable bonds is 7. The smallest absolute Gasteiger partial charge is 0.252 e. The van der Waals surface area contributed by atoms with Crippen LogP contribution in [0.5, 0.6) is 0 Å². The van der Waals surface area contributed by atoms with E-state index < -0.39 is 0 Å². The number of methoxy groups -OCH3 is 1. The lowest BCUT2D eigenvalue weighted by molar-refractivity contribution is -0.148. The molecule has 8 nitrogen and oxygen atoms in total. The molecule has 0 aromatic carbocycles. The van der Waals surface area contributed by atoms with Gasteiger partial charge >= 0.3 is 0 Å². The number of likely N-dealkylation sites (N-methyl/N-ethyl adjacent to an activating group) is 1. The first-order valence-electron chi connectivity index (χ1n) is 9.28. The van der Waals surface area contributed by atoms with Crippen molar-refractivity contribution in [3.05, 3.63) is 22.1 Å². The van der Waals surface area contributed by atoms with E-state index in [0.29, 0.717) is 18.8 Å². The number of H-pyrrole nitrogens is 1. The number of nitrogens with one attached hydrogen (secondary N) is 1. The second-order valence-corrected chi connectivity index (χ2v) is 7.61.